The molecule has 2 saturated heterocycles. The van der Waals surface area contributed by atoms with Crippen LogP contribution in [0.25, 0.3) is 6.08 Å². The summed E-state index contributed by atoms with van der Waals surface area (Å²) in [6.07, 6.45) is 1.45. The molecule has 0 aromatic heterocycles. The molecule has 0 aliphatic carbocycles. The number of morpholine rings is 1. The molecule has 24 heavy (non-hydrogen) atoms. The van der Waals surface area contributed by atoms with Gasteiger partial charge in [-0.2, -0.15) is 0 Å². The van der Waals surface area contributed by atoms with E-state index in [1.807, 2.05) is 0 Å². The maximum absolute atomic E-state index is 13.2. The molecular formula is C16H15FN2O4S. The maximum atomic E-state index is 13.2. The van der Waals surface area contributed by atoms with E-state index in [9.17, 15) is 18.8 Å². The van der Waals surface area contributed by atoms with Crippen molar-refractivity contribution in [2.75, 3.05) is 32.8 Å². The van der Waals surface area contributed by atoms with E-state index in [4.69, 9.17) is 4.74 Å². The fourth-order valence-corrected chi connectivity index (χ4v) is 3.27. The molecule has 2 fully saturated rings. The van der Waals surface area contributed by atoms with Crippen LogP contribution in [0.5, 0.6) is 0 Å². The lowest BCUT2D eigenvalue weighted by molar-refractivity contribution is -0.139. The van der Waals surface area contributed by atoms with Gasteiger partial charge < -0.3 is 9.64 Å². The minimum atomic E-state index is -0.532. The number of carbonyl (C=O) groups is 3. The van der Waals surface area contributed by atoms with Gasteiger partial charge in [0.05, 0.1) is 18.1 Å². The largest absolute Gasteiger partial charge is 0.378 e. The van der Waals surface area contributed by atoms with E-state index < -0.39 is 17.0 Å². The second kappa shape index (κ2) is 7.14. The van der Waals surface area contributed by atoms with Crippen molar-refractivity contribution in [1.29, 1.82) is 0 Å². The zero-order chi connectivity index (χ0) is 17.1. The van der Waals surface area contributed by atoms with Crippen molar-refractivity contribution < 1.29 is 23.5 Å². The Balaban J connectivity index is 1.71. The first-order valence-corrected chi connectivity index (χ1v) is 8.23. The molecule has 6 nitrogen and oxygen atoms in total. The number of ether oxygens (including phenoxy) is 1. The molecule has 2 aliphatic heterocycles. The van der Waals surface area contributed by atoms with Crippen LogP contribution >= 0.6 is 11.8 Å². The Hall–Kier alpha value is -2.19. The van der Waals surface area contributed by atoms with Gasteiger partial charge in [-0.15, -0.1) is 0 Å². The van der Waals surface area contributed by atoms with Gasteiger partial charge in [-0.1, -0.05) is 12.1 Å². The third-order valence-electron chi connectivity index (χ3n) is 3.68. The average molecular weight is 350 g/mol. The molecular weight excluding hydrogens is 335 g/mol. The lowest BCUT2D eigenvalue weighted by Gasteiger charge is -2.28. The highest BCUT2D eigenvalue weighted by atomic mass is 32.2. The number of hydrogen-bond donors (Lipinski definition) is 0. The van der Waals surface area contributed by atoms with Crippen molar-refractivity contribution in [3.05, 3.63) is 40.6 Å². The van der Waals surface area contributed by atoms with E-state index in [1.165, 1.54) is 24.3 Å². The SMILES string of the molecule is O=C(CN1C(=O)SC(=Cc2cccc(F)c2)C1=O)N1CCOCC1. The summed E-state index contributed by atoms with van der Waals surface area (Å²) in [7, 11) is 0. The fourth-order valence-electron chi connectivity index (χ4n) is 2.43. The van der Waals surface area contributed by atoms with E-state index in [-0.39, 0.29) is 17.4 Å². The predicted molar refractivity (Wildman–Crippen MR) is 86.5 cm³/mol. The maximum Gasteiger partial charge on any atom is 0.294 e. The van der Waals surface area contributed by atoms with E-state index in [2.05, 4.69) is 0 Å². The smallest absolute Gasteiger partial charge is 0.294 e. The Morgan fingerprint density at radius 1 is 1.29 bits per heavy atom. The molecule has 2 heterocycles. The molecule has 3 rings (SSSR count). The van der Waals surface area contributed by atoms with E-state index in [0.29, 0.717) is 31.9 Å². The summed E-state index contributed by atoms with van der Waals surface area (Å²) in [5.74, 6) is -1.24. The van der Waals surface area contributed by atoms with Crippen LogP contribution in [0, 0.1) is 5.82 Å². The first-order valence-electron chi connectivity index (χ1n) is 7.41. The predicted octanol–water partition coefficient (Wildman–Crippen LogP) is 1.72. The number of carbonyl (C=O) groups excluding carboxylic acids is 3. The quantitative estimate of drug-likeness (QED) is 0.777. The first-order chi connectivity index (χ1) is 11.5. The molecule has 2 aliphatic rings. The Kier molecular flexibility index (Phi) is 4.96. The molecule has 0 atom stereocenters. The number of thioether (sulfide) groups is 1. The van der Waals surface area contributed by atoms with Crippen LogP contribution in [0.2, 0.25) is 0 Å². The van der Waals surface area contributed by atoms with Gasteiger partial charge in [0, 0.05) is 13.1 Å². The molecule has 1 aromatic carbocycles. The zero-order valence-corrected chi connectivity index (χ0v) is 13.6. The van der Waals surface area contributed by atoms with Gasteiger partial charge in [-0.05, 0) is 35.5 Å². The fraction of sp³-hybridized carbons (Fsp3) is 0.312. The summed E-state index contributed by atoms with van der Waals surface area (Å²) in [5, 5.41) is -0.496. The minimum absolute atomic E-state index is 0.181. The van der Waals surface area contributed by atoms with Crippen LogP contribution in [0.15, 0.2) is 29.2 Å². The van der Waals surface area contributed by atoms with Crippen molar-refractivity contribution in [2.45, 2.75) is 0 Å². The van der Waals surface area contributed by atoms with Gasteiger partial charge in [0.25, 0.3) is 11.1 Å². The Morgan fingerprint density at radius 3 is 2.75 bits per heavy atom. The summed E-state index contributed by atoms with van der Waals surface area (Å²) in [4.78, 5) is 39.3. The zero-order valence-electron chi connectivity index (χ0n) is 12.7. The Morgan fingerprint density at radius 2 is 2.04 bits per heavy atom. The minimum Gasteiger partial charge on any atom is -0.378 e. The van der Waals surface area contributed by atoms with Gasteiger partial charge in [-0.3, -0.25) is 19.3 Å². The van der Waals surface area contributed by atoms with Crippen molar-refractivity contribution in [1.82, 2.24) is 9.80 Å². The molecule has 0 N–H and O–H groups in total. The van der Waals surface area contributed by atoms with E-state index >= 15 is 0 Å². The molecule has 8 heteroatoms. The lowest BCUT2D eigenvalue weighted by Crippen LogP contribution is -2.46. The highest BCUT2D eigenvalue weighted by Crippen LogP contribution is 2.32. The molecule has 126 valence electrons. The summed E-state index contributed by atoms with van der Waals surface area (Å²) in [6, 6.07) is 5.72. The number of rotatable bonds is 3. The third kappa shape index (κ3) is 3.65. The molecule has 0 spiro atoms. The second-order valence-corrected chi connectivity index (χ2v) is 6.31. The van der Waals surface area contributed by atoms with Crippen LogP contribution in [-0.4, -0.2) is 59.7 Å². The summed E-state index contributed by atoms with van der Waals surface area (Å²) >= 11 is 0.752. The highest BCUT2D eigenvalue weighted by molar-refractivity contribution is 8.18. The van der Waals surface area contributed by atoms with Crippen LogP contribution in [0.4, 0.5) is 9.18 Å². The average Bonchev–Trinajstić information content (AvgIpc) is 2.83. The van der Waals surface area contributed by atoms with Gasteiger partial charge >= 0.3 is 0 Å². The number of imide groups is 1. The number of benzene rings is 1. The normalized spacial score (nSPS) is 20.1. The van der Waals surface area contributed by atoms with Gasteiger partial charge in [0.1, 0.15) is 12.4 Å². The third-order valence-corrected chi connectivity index (χ3v) is 4.58. The molecule has 0 saturated carbocycles. The van der Waals surface area contributed by atoms with Crippen molar-refractivity contribution in [3.63, 3.8) is 0 Å². The van der Waals surface area contributed by atoms with Gasteiger partial charge in [-0.25, -0.2) is 4.39 Å². The number of nitrogens with zero attached hydrogens (tertiary/aromatic N) is 2. The highest BCUT2D eigenvalue weighted by Gasteiger charge is 2.37. The second-order valence-electron chi connectivity index (χ2n) is 5.32. The van der Waals surface area contributed by atoms with Crippen molar-refractivity contribution >= 4 is 34.9 Å². The van der Waals surface area contributed by atoms with Crippen LogP contribution in [0.1, 0.15) is 5.56 Å². The number of amides is 3. The number of hydrogen-bond acceptors (Lipinski definition) is 5. The van der Waals surface area contributed by atoms with Crippen LogP contribution < -0.4 is 0 Å². The Bertz CT molecular complexity index is 716. The molecule has 0 unspecified atom stereocenters. The van der Waals surface area contributed by atoms with E-state index in [0.717, 1.165) is 16.7 Å². The Labute approximate surface area is 142 Å². The molecule has 0 radical (unpaired) electrons. The lowest BCUT2D eigenvalue weighted by atomic mass is 10.2. The van der Waals surface area contributed by atoms with Crippen molar-refractivity contribution in [3.8, 4) is 0 Å². The first kappa shape index (κ1) is 16.7. The summed E-state index contributed by atoms with van der Waals surface area (Å²) in [5.41, 5.74) is 0.486. The monoisotopic (exact) mass is 350 g/mol. The van der Waals surface area contributed by atoms with Crippen LogP contribution in [0.3, 0.4) is 0 Å². The van der Waals surface area contributed by atoms with Gasteiger partial charge in [0.2, 0.25) is 5.91 Å². The summed E-state index contributed by atoms with van der Waals surface area (Å²) < 4.78 is 18.4. The molecule has 3 amide bonds. The van der Waals surface area contributed by atoms with Crippen molar-refractivity contribution in [2.24, 2.45) is 0 Å². The number of halogens is 1. The molecule has 1 aromatic rings. The van der Waals surface area contributed by atoms with E-state index in [1.54, 1.807) is 11.0 Å². The summed E-state index contributed by atoms with van der Waals surface area (Å²) in [6.45, 7) is 1.52. The standard InChI is InChI=1S/C16H15FN2O4S/c17-12-3-1-2-11(8-12)9-13-15(21)19(16(22)24-13)10-14(20)18-4-6-23-7-5-18/h1-3,8-9H,4-7,10H2. The molecule has 0 bridgehead atoms. The van der Waals surface area contributed by atoms with Gasteiger partial charge in [0.15, 0.2) is 0 Å². The van der Waals surface area contributed by atoms with Crippen LogP contribution in [-0.2, 0) is 14.3 Å². The topological polar surface area (TPSA) is 66.9 Å².